The van der Waals surface area contributed by atoms with Crippen LogP contribution in [0.1, 0.15) is 37.3 Å². The lowest BCUT2D eigenvalue weighted by Gasteiger charge is -2.28. The van der Waals surface area contributed by atoms with E-state index in [4.69, 9.17) is 4.74 Å². The van der Waals surface area contributed by atoms with Crippen LogP contribution in [0.4, 0.5) is 11.4 Å². The van der Waals surface area contributed by atoms with E-state index in [0.29, 0.717) is 30.2 Å². The predicted molar refractivity (Wildman–Crippen MR) is 126 cm³/mol. The highest BCUT2D eigenvalue weighted by atomic mass is 16.5. The standard InChI is InChI=1S/C27H28N2O3/c1-3-4-10-25-26(30)28(22-13-11-20(2)12-14-22)29(27(25)31)23-15-17-24(18-16-23)32-19-21-8-6-5-7-9-21/h5-9,11-18,25H,3-4,10,19H2,1-2H3. The van der Waals surface area contributed by atoms with Gasteiger partial charge in [0.25, 0.3) is 11.8 Å². The van der Waals surface area contributed by atoms with Gasteiger partial charge in [-0.25, -0.2) is 10.0 Å². The van der Waals surface area contributed by atoms with Gasteiger partial charge in [-0.3, -0.25) is 9.59 Å². The molecule has 1 aliphatic rings. The SMILES string of the molecule is CCCCC1C(=O)N(c2ccc(C)cc2)N(c2ccc(OCc3ccccc3)cc2)C1=O. The van der Waals surface area contributed by atoms with Gasteiger partial charge >= 0.3 is 0 Å². The van der Waals surface area contributed by atoms with E-state index in [9.17, 15) is 9.59 Å². The van der Waals surface area contributed by atoms with Gasteiger partial charge in [0.05, 0.1) is 11.4 Å². The number of ether oxygens (including phenoxy) is 1. The lowest BCUT2D eigenvalue weighted by molar-refractivity contribution is -0.127. The first-order valence-electron chi connectivity index (χ1n) is 11.1. The smallest absolute Gasteiger partial charge is 0.258 e. The van der Waals surface area contributed by atoms with Crippen molar-refractivity contribution in [1.29, 1.82) is 0 Å². The molecule has 0 aliphatic carbocycles. The molecule has 1 unspecified atom stereocenters. The highest BCUT2D eigenvalue weighted by Crippen LogP contribution is 2.34. The molecular weight excluding hydrogens is 400 g/mol. The number of carbonyl (C=O) groups is 2. The Bertz CT molecular complexity index is 1060. The monoisotopic (exact) mass is 428 g/mol. The molecule has 1 fully saturated rings. The van der Waals surface area contributed by atoms with E-state index in [2.05, 4.69) is 6.92 Å². The Hall–Kier alpha value is -3.60. The van der Waals surface area contributed by atoms with E-state index in [0.717, 1.165) is 24.0 Å². The molecule has 1 atom stereocenters. The molecule has 0 radical (unpaired) electrons. The molecule has 0 spiro atoms. The first-order chi connectivity index (χ1) is 15.6. The highest BCUT2D eigenvalue weighted by Gasteiger charge is 2.46. The fourth-order valence-corrected chi connectivity index (χ4v) is 3.85. The number of aryl methyl sites for hydroxylation is 1. The van der Waals surface area contributed by atoms with Crippen molar-refractivity contribution in [3.8, 4) is 5.75 Å². The average molecular weight is 429 g/mol. The minimum Gasteiger partial charge on any atom is -0.489 e. The Labute approximate surface area is 189 Å². The summed E-state index contributed by atoms with van der Waals surface area (Å²) in [5, 5.41) is 3.02. The number of amides is 2. The van der Waals surface area contributed by atoms with Crippen molar-refractivity contribution in [3.63, 3.8) is 0 Å². The minimum absolute atomic E-state index is 0.170. The molecule has 0 bridgehead atoms. The van der Waals surface area contributed by atoms with Gasteiger partial charge < -0.3 is 4.74 Å². The van der Waals surface area contributed by atoms with Gasteiger partial charge in [0.15, 0.2) is 0 Å². The number of hydrogen-bond acceptors (Lipinski definition) is 3. The Morgan fingerprint density at radius 1 is 0.781 bits per heavy atom. The summed E-state index contributed by atoms with van der Waals surface area (Å²) in [5.41, 5.74) is 3.52. The van der Waals surface area contributed by atoms with Crippen LogP contribution in [0.15, 0.2) is 78.9 Å². The zero-order chi connectivity index (χ0) is 22.5. The lowest BCUT2D eigenvalue weighted by Crippen LogP contribution is -2.41. The van der Waals surface area contributed by atoms with Gasteiger partial charge in [-0.1, -0.05) is 67.8 Å². The molecule has 164 valence electrons. The molecule has 1 saturated heterocycles. The number of unbranched alkanes of at least 4 members (excludes halogenated alkanes) is 1. The zero-order valence-corrected chi connectivity index (χ0v) is 18.5. The first kappa shape index (κ1) is 21.6. The van der Waals surface area contributed by atoms with Gasteiger partial charge in [-0.2, -0.15) is 0 Å². The van der Waals surface area contributed by atoms with Crippen LogP contribution in [0.3, 0.4) is 0 Å². The van der Waals surface area contributed by atoms with Crippen molar-refractivity contribution >= 4 is 23.2 Å². The minimum atomic E-state index is -0.648. The van der Waals surface area contributed by atoms with Crippen molar-refractivity contribution in [1.82, 2.24) is 0 Å². The average Bonchev–Trinajstić information content (AvgIpc) is 3.07. The van der Waals surface area contributed by atoms with Crippen molar-refractivity contribution in [2.75, 3.05) is 10.0 Å². The third kappa shape index (κ3) is 4.52. The number of nitrogens with zero attached hydrogens (tertiary/aromatic N) is 2. The first-order valence-corrected chi connectivity index (χ1v) is 11.1. The predicted octanol–water partition coefficient (Wildman–Crippen LogP) is 5.68. The van der Waals surface area contributed by atoms with Gasteiger partial charge in [-0.15, -0.1) is 0 Å². The molecule has 3 aromatic rings. The summed E-state index contributed by atoms with van der Waals surface area (Å²) in [5.74, 6) is -0.288. The fourth-order valence-electron chi connectivity index (χ4n) is 3.85. The second kappa shape index (κ2) is 9.69. The molecule has 1 heterocycles. The second-order valence-corrected chi connectivity index (χ2v) is 8.10. The van der Waals surface area contributed by atoms with E-state index in [1.807, 2.05) is 85.8 Å². The van der Waals surface area contributed by atoms with E-state index < -0.39 is 5.92 Å². The maximum Gasteiger partial charge on any atom is 0.258 e. The normalized spacial score (nSPS) is 16.0. The van der Waals surface area contributed by atoms with Crippen LogP contribution in [0, 0.1) is 12.8 Å². The molecule has 5 heteroatoms. The van der Waals surface area contributed by atoms with Crippen molar-refractivity contribution in [2.24, 2.45) is 5.92 Å². The number of carbonyl (C=O) groups excluding carboxylic acids is 2. The summed E-state index contributed by atoms with van der Waals surface area (Å²) in [6.07, 6.45) is 2.34. The number of hydrogen-bond donors (Lipinski definition) is 0. The van der Waals surface area contributed by atoms with E-state index in [1.165, 1.54) is 10.0 Å². The van der Waals surface area contributed by atoms with E-state index in [-0.39, 0.29) is 11.8 Å². The van der Waals surface area contributed by atoms with Gasteiger partial charge in [0.2, 0.25) is 0 Å². The highest BCUT2D eigenvalue weighted by molar-refractivity contribution is 6.23. The van der Waals surface area contributed by atoms with Crippen LogP contribution >= 0.6 is 0 Å². The quantitative estimate of drug-likeness (QED) is 0.434. The van der Waals surface area contributed by atoms with E-state index >= 15 is 0 Å². The summed E-state index contributed by atoms with van der Waals surface area (Å²) < 4.78 is 5.87. The van der Waals surface area contributed by atoms with Crippen molar-refractivity contribution in [3.05, 3.63) is 90.0 Å². The molecule has 0 N–H and O–H groups in total. The number of benzene rings is 3. The summed E-state index contributed by atoms with van der Waals surface area (Å²) in [7, 11) is 0. The Balaban J connectivity index is 1.58. The van der Waals surface area contributed by atoms with Gasteiger partial charge in [0, 0.05) is 0 Å². The number of rotatable bonds is 8. The van der Waals surface area contributed by atoms with Crippen LogP contribution < -0.4 is 14.8 Å². The second-order valence-electron chi connectivity index (χ2n) is 8.10. The molecule has 0 saturated carbocycles. The molecule has 5 nitrogen and oxygen atoms in total. The summed E-state index contributed by atoms with van der Waals surface area (Å²) in [4.78, 5) is 26.6. The molecule has 0 aromatic heterocycles. The Kier molecular flexibility index (Phi) is 6.55. The summed E-state index contributed by atoms with van der Waals surface area (Å²) >= 11 is 0. The zero-order valence-electron chi connectivity index (χ0n) is 18.5. The van der Waals surface area contributed by atoms with Crippen LogP contribution in [-0.2, 0) is 16.2 Å². The topological polar surface area (TPSA) is 49.9 Å². The van der Waals surface area contributed by atoms with E-state index in [1.54, 1.807) is 0 Å². The third-order valence-corrected chi connectivity index (χ3v) is 5.67. The molecule has 32 heavy (non-hydrogen) atoms. The summed E-state index contributed by atoms with van der Waals surface area (Å²) in [6.45, 7) is 4.53. The lowest BCUT2D eigenvalue weighted by atomic mass is 10.0. The van der Waals surface area contributed by atoms with Crippen LogP contribution in [0.5, 0.6) is 5.75 Å². The maximum absolute atomic E-state index is 13.3. The molecule has 3 aromatic carbocycles. The largest absolute Gasteiger partial charge is 0.489 e. The Morgan fingerprint density at radius 3 is 1.91 bits per heavy atom. The maximum atomic E-state index is 13.3. The van der Waals surface area contributed by atoms with Crippen LogP contribution in [-0.4, -0.2) is 11.8 Å². The van der Waals surface area contributed by atoms with Gasteiger partial charge in [0.1, 0.15) is 18.3 Å². The molecule has 1 aliphatic heterocycles. The number of hydrazine groups is 1. The molecule has 4 rings (SSSR count). The van der Waals surface area contributed by atoms with Gasteiger partial charge in [-0.05, 0) is 55.3 Å². The fraction of sp³-hybridized carbons (Fsp3) is 0.259. The van der Waals surface area contributed by atoms with Crippen LogP contribution in [0.2, 0.25) is 0 Å². The molecular formula is C27H28N2O3. The summed E-state index contributed by atoms with van der Waals surface area (Å²) in [6, 6.07) is 24.9. The number of anilines is 2. The van der Waals surface area contributed by atoms with Crippen LogP contribution in [0.25, 0.3) is 0 Å². The molecule has 2 amide bonds. The van der Waals surface area contributed by atoms with Crippen molar-refractivity contribution in [2.45, 2.75) is 39.7 Å². The Morgan fingerprint density at radius 2 is 1.34 bits per heavy atom. The van der Waals surface area contributed by atoms with Crippen molar-refractivity contribution < 1.29 is 14.3 Å². The third-order valence-electron chi connectivity index (χ3n) is 5.67.